The number of alkyl halides is 3. The first-order valence-electron chi connectivity index (χ1n) is 6.43. The highest BCUT2D eigenvalue weighted by Crippen LogP contribution is 2.30. The van der Waals surface area contributed by atoms with Crippen molar-refractivity contribution in [1.82, 2.24) is 10.3 Å². The number of aromatic nitrogens is 1. The summed E-state index contributed by atoms with van der Waals surface area (Å²) in [5.74, 6) is -0.829. The maximum absolute atomic E-state index is 12.8. The van der Waals surface area contributed by atoms with Gasteiger partial charge in [-0.1, -0.05) is 28.1 Å². The van der Waals surface area contributed by atoms with Gasteiger partial charge in [-0.05, 0) is 36.2 Å². The summed E-state index contributed by atoms with van der Waals surface area (Å²) in [6, 6.07) is 9.46. The Labute approximate surface area is 133 Å². The molecule has 0 unspecified atom stereocenters. The zero-order valence-electron chi connectivity index (χ0n) is 11.3. The summed E-state index contributed by atoms with van der Waals surface area (Å²) in [6.07, 6.45) is -2.92. The number of nitrogens with one attached hydrogen (secondary N) is 1. The van der Waals surface area contributed by atoms with Crippen molar-refractivity contribution in [1.29, 1.82) is 0 Å². The molecule has 0 radical (unpaired) electrons. The monoisotopic (exact) mass is 372 g/mol. The van der Waals surface area contributed by atoms with Crippen LogP contribution in [0.5, 0.6) is 0 Å². The highest BCUT2D eigenvalue weighted by Gasteiger charge is 2.35. The number of nitrogens with zero attached hydrogens (tertiary/aromatic N) is 1. The molecule has 1 aromatic heterocycles. The van der Waals surface area contributed by atoms with Crippen molar-refractivity contribution < 1.29 is 18.0 Å². The fourth-order valence-corrected chi connectivity index (χ4v) is 2.13. The van der Waals surface area contributed by atoms with Gasteiger partial charge in [-0.15, -0.1) is 0 Å². The smallest absolute Gasteiger partial charge is 0.350 e. The summed E-state index contributed by atoms with van der Waals surface area (Å²) in [4.78, 5) is 15.4. The Bertz CT molecular complexity index is 657. The van der Waals surface area contributed by atoms with Gasteiger partial charge in [0.05, 0.1) is 5.56 Å². The molecule has 0 aliphatic heterocycles. The molecule has 1 amide bonds. The quantitative estimate of drug-likeness (QED) is 0.885. The van der Waals surface area contributed by atoms with Crippen LogP contribution < -0.4 is 5.32 Å². The van der Waals surface area contributed by atoms with E-state index in [2.05, 4.69) is 26.2 Å². The van der Waals surface area contributed by atoms with E-state index >= 15 is 0 Å². The van der Waals surface area contributed by atoms with E-state index in [0.717, 1.165) is 22.2 Å². The molecule has 1 N–H and O–H groups in total. The second kappa shape index (κ2) is 6.91. The van der Waals surface area contributed by atoms with Gasteiger partial charge in [-0.3, -0.25) is 9.78 Å². The number of amides is 1. The van der Waals surface area contributed by atoms with Crippen LogP contribution in [-0.2, 0) is 12.6 Å². The highest BCUT2D eigenvalue weighted by atomic mass is 79.9. The fourth-order valence-electron chi connectivity index (χ4n) is 1.87. The van der Waals surface area contributed by atoms with Crippen LogP contribution in [0.1, 0.15) is 21.6 Å². The van der Waals surface area contributed by atoms with Crippen LogP contribution in [-0.4, -0.2) is 17.4 Å². The van der Waals surface area contributed by atoms with Gasteiger partial charge in [-0.25, -0.2) is 0 Å². The number of carbonyl (C=O) groups is 1. The predicted octanol–water partition coefficient (Wildman–Crippen LogP) is 3.84. The minimum absolute atomic E-state index is 0.230. The molecule has 1 aromatic carbocycles. The van der Waals surface area contributed by atoms with Crippen molar-refractivity contribution in [3.63, 3.8) is 0 Å². The minimum atomic E-state index is -4.60. The third kappa shape index (κ3) is 4.30. The number of rotatable bonds is 4. The zero-order chi connectivity index (χ0) is 16.2. The predicted molar refractivity (Wildman–Crippen MR) is 79.4 cm³/mol. The lowest BCUT2D eigenvalue weighted by Gasteiger charge is -2.11. The molecule has 0 saturated heterocycles. The van der Waals surface area contributed by atoms with Gasteiger partial charge in [-0.2, -0.15) is 13.2 Å². The number of hydrogen-bond acceptors (Lipinski definition) is 2. The Morgan fingerprint density at radius 2 is 1.86 bits per heavy atom. The van der Waals surface area contributed by atoms with Crippen LogP contribution in [0.4, 0.5) is 13.2 Å². The molecular weight excluding hydrogens is 361 g/mol. The van der Waals surface area contributed by atoms with Crippen molar-refractivity contribution in [2.24, 2.45) is 0 Å². The molecule has 0 aliphatic carbocycles. The Morgan fingerprint density at radius 1 is 1.18 bits per heavy atom. The normalized spacial score (nSPS) is 11.3. The summed E-state index contributed by atoms with van der Waals surface area (Å²) in [7, 11) is 0. The van der Waals surface area contributed by atoms with E-state index in [4.69, 9.17) is 0 Å². The van der Waals surface area contributed by atoms with Crippen molar-refractivity contribution in [3.05, 3.63) is 63.9 Å². The van der Waals surface area contributed by atoms with Crippen molar-refractivity contribution in [2.75, 3.05) is 6.54 Å². The highest BCUT2D eigenvalue weighted by molar-refractivity contribution is 9.10. The molecule has 3 nitrogen and oxygen atoms in total. The van der Waals surface area contributed by atoms with Gasteiger partial charge in [0.25, 0.3) is 5.91 Å². The lowest BCUT2D eigenvalue weighted by molar-refractivity contribution is -0.138. The van der Waals surface area contributed by atoms with Gasteiger partial charge < -0.3 is 5.32 Å². The number of benzene rings is 1. The molecule has 0 saturated carbocycles. The summed E-state index contributed by atoms with van der Waals surface area (Å²) in [6.45, 7) is 0.230. The van der Waals surface area contributed by atoms with E-state index in [9.17, 15) is 18.0 Å². The van der Waals surface area contributed by atoms with Gasteiger partial charge in [0.1, 0.15) is 5.69 Å². The molecule has 22 heavy (non-hydrogen) atoms. The number of pyridine rings is 1. The molecule has 2 aromatic rings. The molecule has 0 fully saturated rings. The van der Waals surface area contributed by atoms with Crippen LogP contribution in [0.15, 0.2) is 47.1 Å². The summed E-state index contributed by atoms with van der Waals surface area (Å²) >= 11 is 3.31. The minimum Gasteiger partial charge on any atom is -0.350 e. The van der Waals surface area contributed by atoms with E-state index in [1.54, 1.807) is 0 Å². The first-order chi connectivity index (χ1) is 10.4. The average Bonchev–Trinajstić information content (AvgIpc) is 2.48. The molecular formula is C15H12BrF3N2O. The SMILES string of the molecule is O=C(NCCc1ccc(Br)cc1)c1ncccc1C(F)(F)F. The third-order valence-corrected chi connectivity index (χ3v) is 3.47. The second-order valence-electron chi connectivity index (χ2n) is 4.53. The first kappa shape index (κ1) is 16.5. The van der Waals surface area contributed by atoms with Crippen LogP contribution in [0.25, 0.3) is 0 Å². The van der Waals surface area contributed by atoms with Crippen molar-refractivity contribution >= 4 is 21.8 Å². The zero-order valence-corrected chi connectivity index (χ0v) is 12.9. The molecule has 2 rings (SSSR count). The molecule has 0 bridgehead atoms. The van der Waals surface area contributed by atoms with E-state index in [1.807, 2.05) is 24.3 Å². The maximum Gasteiger partial charge on any atom is 0.418 e. The topological polar surface area (TPSA) is 42.0 Å². The van der Waals surface area contributed by atoms with Crippen molar-refractivity contribution in [3.8, 4) is 0 Å². The molecule has 0 aliphatic rings. The molecule has 7 heteroatoms. The lowest BCUT2D eigenvalue weighted by atomic mass is 10.1. The van der Waals surface area contributed by atoms with E-state index < -0.39 is 23.3 Å². The average molecular weight is 373 g/mol. The number of carbonyl (C=O) groups excluding carboxylic acids is 1. The van der Waals surface area contributed by atoms with E-state index in [-0.39, 0.29) is 6.54 Å². The Hall–Kier alpha value is -1.89. The van der Waals surface area contributed by atoms with Crippen LogP contribution >= 0.6 is 15.9 Å². The third-order valence-electron chi connectivity index (χ3n) is 2.94. The Balaban J connectivity index is 2.00. The lowest BCUT2D eigenvalue weighted by Crippen LogP contribution is -2.29. The van der Waals surface area contributed by atoms with E-state index in [0.29, 0.717) is 6.42 Å². The number of halogens is 4. The Morgan fingerprint density at radius 3 is 2.50 bits per heavy atom. The molecule has 1 heterocycles. The molecule has 116 valence electrons. The maximum atomic E-state index is 12.8. The van der Waals surface area contributed by atoms with Crippen LogP contribution in [0, 0.1) is 0 Å². The fraction of sp³-hybridized carbons (Fsp3) is 0.200. The summed E-state index contributed by atoms with van der Waals surface area (Å²) in [5.41, 5.74) is -0.664. The first-order valence-corrected chi connectivity index (χ1v) is 7.22. The number of hydrogen-bond donors (Lipinski definition) is 1. The Kier molecular flexibility index (Phi) is 5.18. The summed E-state index contributed by atoms with van der Waals surface area (Å²) < 4.78 is 39.4. The summed E-state index contributed by atoms with van der Waals surface area (Å²) in [5, 5.41) is 2.46. The van der Waals surface area contributed by atoms with Gasteiger partial charge >= 0.3 is 6.18 Å². The van der Waals surface area contributed by atoms with Crippen molar-refractivity contribution in [2.45, 2.75) is 12.6 Å². The van der Waals surface area contributed by atoms with Crippen LogP contribution in [0.2, 0.25) is 0 Å². The van der Waals surface area contributed by atoms with Gasteiger partial charge in [0.2, 0.25) is 0 Å². The largest absolute Gasteiger partial charge is 0.418 e. The molecule has 0 spiro atoms. The van der Waals surface area contributed by atoms with Gasteiger partial charge in [0.15, 0.2) is 0 Å². The molecule has 0 atom stereocenters. The van der Waals surface area contributed by atoms with Gasteiger partial charge in [0, 0.05) is 17.2 Å². The van der Waals surface area contributed by atoms with E-state index in [1.165, 1.54) is 6.20 Å². The van der Waals surface area contributed by atoms with Crippen LogP contribution in [0.3, 0.4) is 0 Å². The second-order valence-corrected chi connectivity index (χ2v) is 5.45. The standard InChI is InChI=1S/C15H12BrF3N2O/c16-11-5-3-10(4-6-11)7-9-21-14(22)13-12(15(17,18)19)2-1-8-20-13/h1-6,8H,7,9H2,(H,21,22).